The molecule has 1 atom stereocenters. The second kappa shape index (κ2) is 8.82. The Morgan fingerprint density at radius 1 is 0.667 bits per heavy atom. The highest BCUT2D eigenvalue weighted by atomic mass is 16.5. The summed E-state index contributed by atoms with van der Waals surface area (Å²) in [7, 11) is 0. The van der Waals surface area contributed by atoms with E-state index in [-0.39, 0.29) is 0 Å². The van der Waals surface area contributed by atoms with Gasteiger partial charge in [0, 0.05) is 39.9 Å². The van der Waals surface area contributed by atoms with E-state index in [0.717, 1.165) is 39.5 Å². The molecule has 2 aliphatic rings. The molecule has 184 valence electrons. The third-order valence-corrected chi connectivity index (χ3v) is 8.13. The summed E-state index contributed by atoms with van der Waals surface area (Å²) in [6.45, 7) is 0. The summed E-state index contributed by atoms with van der Waals surface area (Å²) < 4.78 is 6.98. The average molecular weight is 500 g/mol. The maximum absolute atomic E-state index is 6.98. The fraction of sp³-hybridized carbons (Fsp3) is 0.0541. The molecule has 0 spiro atoms. The smallest absolute Gasteiger partial charge is 0.143 e. The van der Waals surface area contributed by atoms with Gasteiger partial charge in [0.2, 0.25) is 0 Å². The predicted molar refractivity (Wildman–Crippen MR) is 163 cm³/mol. The number of hydrogen-bond donors (Lipinski definition) is 0. The van der Waals surface area contributed by atoms with Gasteiger partial charge in [0.25, 0.3) is 0 Å². The van der Waals surface area contributed by atoms with Gasteiger partial charge in [0.15, 0.2) is 0 Å². The van der Waals surface area contributed by atoms with Crippen LogP contribution in [0.5, 0.6) is 11.5 Å². The van der Waals surface area contributed by atoms with Crippen LogP contribution in [0.3, 0.4) is 0 Å². The normalized spacial score (nSPS) is 16.5. The molecule has 1 aromatic heterocycles. The van der Waals surface area contributed by atoms with Gasteiger partial charge in [-0.25, -0.2) is 0 Å². The number of aromatic nitrogens is 1. The van der Waals surface area contributed by atoms with E-state index < -0.39 is 0 Å². The van der Waals surface area contributed by atoms with Crippen LogP contribution in [0.2, 0.25) is 0 Å². The van der Waals surface area contributed by atoms with Gasteiger partial charge < -0.3 is 4.74 Å². The van der Waals surface area contributed by atoms with E-state index in [1.54, 1.807) is 0 Å². The molecule has 1 unspecified atom stereocenters. The Kier molecular flexibility index (Phi) is 4.99. The van der Waals surface area contributed by atoms with Crippen molar-refractivity contribution < 1.29 is 4.74 Å². The molecule has 2 heteroatoms. The highest BCUT2D eigenvalue weighted by molar-refractivity contribution is 6.15. The number of benzene rings is 5. The van der Waals surface area contributed by atoms with Crippen molar-refractivity contribution in [2.45, 2.75) is 6.42 Å². The highest BCUT2D eigenvalue weighted by Crippen LogP contribution is 2.46. The molecule has 0 N–H and O–H groups in total. The SMILES string of the molecule is C1=CC2=CC=C(c3c4ccccc4c(Oc4cc5ccccc5c5ccccc45)c4ccncc34)CC2C=C1. The van der Waals surface area contributed by atoms with E-state index in [0.29, 0.717) is 5.92 Å². The Hall–Kier alpha value is -4.95. The van der Waals surface area contributed by atoms with Crippen LogP contribution in [0.4, 0.5) is 0 Å². The Balaban J connectivity index is 1.39. The second-order valence-electron chi connectivity index (χ2n) is 10.3. The van der Waals surface area contributed by atoms with Crippen LogP contribution >= 0.6 is 0 Å². The molecule has 0 fully saturated rings. The van der Waals surface area contributed by atoms with Crippen LogP contribution in [-0.4, -0.2) is 4.98 Å². The van der Waals surface area contributed by atoms with Gasteiger partial charge in [0.05, 0.1) is 0 Å². The van der Waals surface area contributed by atoms with Gasteiger partial charge in [-0.1, -0.05) is 109 Å². The van der Waals surface area contributed by atoms with E-state index >= 15 is 0 Å². The molecule has 2 aliphatic carbocycles. The molecular formula is C37H25NO. The number of pyridine rings is 1. The topological polar surface area (TPSA) is 22.1 Å². The maximum Gasteiger partial charge on any atom is 0.143 e. The van der Waals surface area contributed by atoms with Crippen molar-refractivity contribution in [1.29, 1.82) is 0 Å². The van der Waals surface area contributed by atoms with Gasteiger partial charge >= 0.3 is 0 Å². The molecule has 6 aromatic rings. The molecular weight excluding hydrogens is 474 g/mol. The molecule has 0 aliphatic heterocycles. The van der Waals surface area contributed by atoms with Crippen molar-refractivity contribution in [2.75, 3.05) is 0 Å². The number of nitrogens with zero attached hydrogens (tertiary/aromatic N) is 1. The quantitative estimate of drug-likeness (QED) is 0.178. The number of hydrogen-bond acceptors (Lipinski definition) is 2. The van der Waals surface area contributed by atoms with Gasteiger partial charge in [0.1, 0.15) is 11.5 Å². The third kappa shape index (κ3) is 3.53. The van der Waals surface area contributed by atoms with Crippen LogP contribution in [-0.2, 0) is 0 Å². The van der Waals surface area contributed by atoms with Crippen LogP contribution in [0.1, 0.15) is 12.0 Å². The van der Waals surface area contributed by atoms with Crippen LogP contribution < -0.4 is 4.74 Å². The van der Waals surface area contributed by atoms with Crippen molar-refractivity contribution in [3.8, 4) is 11.5 Å². The van der Waals surface area contributed by atoms with E-state index in [2.05, 4.69) is 126 Å². The summed E-state index contributed by atoms with van der Waals surface area (Å²) in [5, 5.41) is 9.20. The standard InChI is InChI=1S/C37H25NO/c1-2-10-25-21-27(18-17-24(25)9-1)36-31-15-7-8-16-32(31)37(33-19-20-38-23-34(33)36)39-35-22-26-11-3-4-12-28(26)29-13-5-6-14-30(29)35/h1-20,22-23,25H,21H2. The first-order valence-electron chi connectivity index (χ1n) is 13.5. The zero-order valence-electron chi connectivity index (χ0n) is 21.3. The lowest BCUT2D eigenvalue weighted by atomic mass is 9.80. The molecule has 0 saturated carbocycles. The van der Waals surface area contributed by atoms with Crippen LogP contribution in [0.25, 0.3) is 48.7 Å². The maximum atomic E-state index is 6.98. The Bertz CT molecular complexity index is 2020. The molecule has 39 heavy (non-hydrogen) atoms. The lowest BCUT2D eigenvalue weighted by Gasteiger charge is -2.25. The van der Waals surface area contributed by atoms with E-state index in [1.807, 2.05) is 12.4 Å². The van der Waals surface area contributed by atoms with Gasteiger partial charge in [-0.2, -0.15) is 0 Å². The van der Waals surface area contributed by atoms with Crippen LogP contribution in [0.15, 0.2) is 139 Å². The van der Waals surface area contributed by atoms with Crippen molar-refractivity contribution in [2.24, 2.45) is 5.92 Å². The molecule has 1 heterocycles. The summed E-state index contributed by atoms with van der Waals surface area (Å²) in [6, 6.07) is 29.9. The molecule has 0 saturated heterocycles. The molecule has 2 nitrogen and oxygen atoms in total. The summed E-state index contributed by atoms with van der Waals surface area (Å²) in [4.78, 5) is 4.57. The molecule has 0 bridgehead atoms. The second-order valence-corrected chi connectivity index (χ2v) is 10.3. The van der Waals surface area contributed by atoms with Crippen molar-refractivity contribution in [3.05, 3.63) is 145 Å². The van der Waals surface area contributed by atoms with Gasteiger partial charge in [-0.3, -0.25) is 4.98 Å². The summed E-state index contributed by atoms with van der Waals surface area (Å²) in [5.74, 6) is 2.14. The zero-order chi connectivity index (χ0) is 25.8. The van der Waals surface area contributed by atoms with Crippen LogP contribution in [0, 0.1) is 5.92 Å². The number of rotatable bonds is 3. The minimum atomic E-state index is 0.403. The minimum Gasteiger partial charge on any atom is -0.455 e. The fourth-order valence-corrected chi connectivity index (χ4v) is 6.30. The van der Waals surface area contributed by atoms with Crippen molar-refractivity contribution in [1.82, 2.24) is 4.98 Å². The highest BCUT2D eigenvalue weighted by Gasteiger charge is 2.23. The largest absolute Gasteiger partial charge is 0.455 e. The Morgan fingerprint density at radius 2 is 1.41 bits per heavy atom. The number of fused-ring (bicyclic) bond motifs is 6. The first kappa shape index (κ1) is 22.1. The average Bonchev–Trinajstić information content (AvgIpc) is 3.01. The van der Waals surface area contributed by atoms with Gasteiger partial charge in [-0.05, 0) is 56.8 Å². The van der Waals surface area contributed by atoms with Crippen molar-refractivity contribution in [3.63, 3.8) is 0 Å². The molecule has 0 radical (unpaired) electrons. The zero-order valence-corrected chi connectivity index (χ0v) is 21.3. The monoisotopic (exact) mass is 499 g/mol. The van der Waals surface area contributed by atoms with Gasteiger partial charge in [-0.15, -0.1) is 0 Å². The summed E-state index contributed by atoms with van der Waals surface area (Å²) in [6.07, 6.45) is 18.2. The molecule has 8 rings (SSSR count). The van der Waals surface area contributed by atoms with Crippen molar-refractivity contribution >= 4 is 48.7 Å². The Morgan fingerprint density at radius 3 is 2.31 bits per heavy atom. The molecule has 0 amide bonds. The summed E-state index contributed by atoms with van der Waals surface area (Å²) >= 11 is 0. The lowest BCUT2D eigenvalue weighted by molar-refractivity contribution is 0.500. The lowest BCUT2D eigenvalue weighted by Crippen LogP contribution is -2.07. The van der Waals surface area contributed by atoms with E-state index in [9.17, 15) is 0 Å². The first-order chi connectivity index (χ1) is 19.3. The minimum absolute atomic E-state index is 0.403. The summed E-state index contributed by atoms with van der Waals surface area (Å²) in [5.41, 5.74) is 3.96. The van der Waals surface area contributed by atoms with E-state index in [1.165, 1.54) is 38.3 Å². The fourth-order valence-electron chi connectivity index (χ4n) is 6.30. The Labute approximate surface area is 226 Å². The number of ether oxygens (including phenoxy) is 1. The molecule has 5 aromatic carbocycles. The third-order valence-electron chi connectivity index (χ3n) is 8.13. The van der Waals surface area contributed by atoms with E-state index in [4.69, 9.17) is 4.74 Å². The first-order valence-corrected chi connectivity index (χ1v) is 13.5. The predicted octanol–water partition coefficient (Wildman–Crippen LogP) is 9.94. The number of allylic oxidation sites excluding steroid dienone is 8.